The van der Waals surface area contributed by atoms with Crippen molar-refractivity contribution in [3.63, 3.8) is 0 Å². The number of nitrogens with two attached hydrogens (primary N) is 2. The highest BCUT2D eigenvalue weighted by molar-refractivity contribution is 5.75. The number of phenolic OH excluding ortho intramolecular Hbond substituents is 2. The quantitative estimate of drug-likeness (QED) is 0.0969. The van der Waals surface area contributed by atoms with E-state index < -0.39 is 12.0 Å². The van der Waals surface area contributed by atoms with Crippen molar-refractivity contribution >= 4 is 11.9 Å². The fourth-order valence-corrected chi connectivity index (χ4v) is 1.89. The number of hydrazine groups is 1. The predicted molar refractivity (Wildman–Crippen MR) is 85.9 cm³/mol. The molecule has 9 heteroatoms. The molecule has 23 heavy (non-hydrogen) atoms. The first-order valence-electron chi connectivity index (χ1n) is 7.17. The van der Waals surface area contributed by atoms with Crippen LogP contribution in [0.1, 0.15) is 18.4 Å². The van der Waals surface area contributed by atoms with Gasteiger partial charge < -0.3 is 26.8 Å². The Labute approximate surface area is 134 Å². The number of carboxylic acids is 1. The summed E-state index contributed by atoms with van der Waals surface area (Å²) >= 11 is 0. The van der Waals surface area contributed by atoms with E-state index in [0.29, 0.717) is 32.4 Å². The first-order valence-corrected chi connectivity index (χ1v) is 7.17. The number of nitrogens with zero attached hydrogens (tertiary/aromatic N) is 1. The molecule has 0 amide bonds. The summed E-state index contributed by atoms with van der Waals surface area (Å²) in [5.41, 5.74) is 16.8. The van der Waals surface area contributed by atoms with Gasteiger partial charge in [0.2, 0.25) is 0 Å². The van der Waals surface area contributed by atoms with E-state index in [1.54, 1.807) is 6.07 Å². The highest BCUT2D eigenvalue weighted by atomic mass is 16.4. The molecular formula is C14H23N5O4. The third-order valence-electron chi connectivity index (χ3n) is 3.10. The molecule has 0 aliphatic heterocycles. The molecule has 1 aromatic rings. The van der Waals surface area contributed by atoms with E-state index in [0.717, 1.165) is 5.56 Å². The number of carbonyl (C=O) groups is 1. The number of phenols is 2. The molecule has 128 valence electrons. The fourth-order valence-electron chi connectivity index (χ4n) is 1.89. The van der Waals surface area contributed by atoms with Crippen molar-refractivity contribution in [2.75, 3.05) is 13.1 Å². The van der Waals surface area contributed by atoms with Crippen LogP contribution in [0.25, 0.3) is 0 Å². The monoisotopic (exact) mass is 325 g/mol. The highest BCUT2D eigenvalue weighted by Crippen LogP contribution is 2.24. The Hall–Kier alpha value is -2.52. The van der Waals surface area contributed by atoms with Crippen LogP contribution in [0.4, 0.5) is 0 Å². The topological polar surface area (TPSA) is 166 Å². The molecule has 0 aliphatic carbocycles. The van der Waals surface area contributed by atoms with Crippen molar-refractivity contribution in [1.29, 1.82) is 0 Å². The number of benzene rings is 1. The smallest absolute Gasteiger partial charge is 0.322 e. The Kier molecular flexibility index (Phi) is 7.64. The van der Waals surface area contributed by atoms with Crippen LogP contribution in [0, 0.1) is 0 Å². The minimum absolute atomic E-state index is 0.0138. The van der Waals surface area contributed by atoms with Crippen molar-refractivity contribution in [2.24, 2.45) is 16.5 Å². The number of aliphatic carboxylic acids is 1. The van der Waals surface area contributed by atoms with Crippen LogP contribution >= 0.6 is 0 Å². The van der Waals surface area contributed by atoms with E-state index in [1.165, 1.54) is 12.1 Å². The number of hydrogen-bond acceptors (Lipinski definition) is 6. The van der Waals surface area contributed by atoms with Gasteiger partial charge in [-0.25, -0.2) is 5.43 Å². The van der Waals surface area contributed by atoms with E-state index in [-0.39, 0.29) is 17.5 Å². The highest BCUT2D eigenvalue weighted by Gasteiger charge is 2.15. The van der Waals surface area contributed by atoms with Crippen LogP contribution < -0.4 is 22.3 Å². The molecule has 0 saturated carbocycles. The molecule has 0 aliphatic rings. The fraction of sp³-hybridized carbons (Fsp3) is 0.429. The molecule has 0 saturated heterocycles. The maximum Gasteiger partial charge on any atom is 0.322 e. The van der Waals surface area contributed by atoms with E-state index in [9.17, 15) is 15.0 Å². The van der Waals surface area contributed by atoms with Gasteiger partial charge in [-0.3, -0.25) is 15.2 Å². The molecular weight excluding hydrogens is 302 g/mol. The van der Waals surface area contributed by atoms with E-state index in [2.05, 4.69) is 15.8 Å². The second kappa shape index (κ2) is 9.49. The lowest BCUT2D eigenvalue weighted by molar-refractivity contribution is -0.140. The van der Waals surface area contributed by atoms with Gasteiger partial charge in [-0.05, 0) is 37.0 Å². The van der Waals surface area contributed by atoms with Gasteiger partial charge >= 0.3 is 5.97 Å². The van der Waals surface area contributed by atoms with Crippen LogP contribution in [0.15, 0.2) is 23.2 Å². The summed E-state index contributed by atoms with van der Waals surface area (Å²) in [7, 11) is 0. The van der Waals surface area contributed by atoms with Gasteiger partial charge in [0.05, 0.1) is 0 Å². The molecule has 0 radical (unpaired) electrons. The molecule has 0 heterocycles. The maximum absolute atomic E-state index is 11.1. The van der Waals surface area contributed by atoms with Gasteiger partial charge in [0.1, 0.15) is 6.04 Å². The molecule has 9 N–H and O–H groups in total. The van der Waals surface area contributed by atoms with Gasteiger partial charge in [0.25, 0.3) is 0 Å². The SMILES string of the molecule is NC(N)=NCCC[C@H](NNCCc1ccc(O)c(O)c1)C(=O)O. The van der Waals surface area contributed by atoms with Gasteiger partial charge in [0.15, 0.2) is 17.5 Å². The third-order valence-corrected chi connectivity index (χ3v) is 3.10. The zero-order valence-electron chi connectivity index (χ0n) is 12.7. The van der Waals surface area contributed by atoms with Crippen molar-refractivity contribution in [3.05, 3.63) is 23.8 Å². The first kappa shape index (κ1) is 18.5. The number of nitrogens with one attached hydrogen (secondary N) is 2. The van der Waals surface area contributed by atoms with Gasteiger partial charge in [-0.15, -0.1) is 0 Å². The molecule has 0 bridgehead atoms. The average Bonchev–Trinajstić information content (AvgIpc) is 2.48. The van der Waals surface area contributed by atoms with Crippen molar-refractivity contribution in [1.82, 2.24) is 10.9 Å². The van der Waals surface area contributed by atoms with Crippen molar-refractivity contribution in [3.8, 4) is 11.5 Å². The lowest BCUT2D eigenvalue weighted by Crippen LogP contribution is -2.46. The summed E-state index contributed by atoms with van der Waals surface area (Å²) in [5.74, 6) is -1.34. The minimum Gasteiger partial charge on any atom is -0.504 e. The van der Waals surface area contributed by atoms with Crippen LogP contribution in [0.3, 0.4) is 0 Å². The second-order valence-corrected chi connectivity index (χ2v) is 4.98. The Morgan fingerprint density at radius 1 is 1.26 bits per heavy atom. The molecule has 1 aromatic carbocycles. The Balaban J connectivity index is 2.31. The molecule has 0 unspecified atom stereocenters. The van der Waals surface area contributed by atoms with Crippen molar-refractivity contribution in [2.45, 2.75) is 25.3 Å². The summed E-state index contributed by atoms with van der Waals surface area (Å²) < 4.78 is 0. The predicted octanol–water partition coefficient (Wildman–Crippen LogP) is -0.759. The molecule has 0 spiro atoms. The van der Waals surface area contributed by atoms with Gasteiger partial charge in [-0.2, -0.15) is 0 Å². The largest absolute Gasteiger partial charge is 0.504 e. The Morgan fingerprint density at radius 3 is 2.61 bits per heavy atom. The lowest BCUT2D eigenvalue weighted by Gasteiger charge is -2.15. The molecule has 0 aromatic heterocycles. The number of guanidine groups is 1. The van der Waals surface area contributed by atoms with Gasteiger partial charge in [-0.1, -0.05) is 6.07 Å². The standard InChI is InChI=1S/C14H23N5O4/c15-14(16)17-6-1-2-10(13(22)23)19-18-7-5-9-3-4-11(20)12(21)8-9/h3-4,8,10,18-21H,1-2,5-7H2,(H,22,23)(H4,15,16,17)/t10-/m0/s1. The van der Waals surface area contributed by atoms with Crippen LogP contribution in [0.5, 0.6) is 11.5 Å². The zero-order valence-corrected chi connectivity index (χ0v) is 12.7. The summed E-state index contributed by atoms with van der Waals surface area (Å²) in [5, 5.41) is 27.7. The Bertz CT molecular complexity index is 546. The molecule has 1 atom stereocenters. The normalized spacial score (nSPS) is 11.8. The third kappa shape index (κ3) is 7.34. The lowest BCUT2D eigenvalue weighted by atomic mass is 10.1. The molecule has 1 rings (SSSR count). The maximum atomic E-state index is 11.1. The second-order valence-electron chi connectivity index (χ2n) is 4.98. The summed E-state index contributed by atoms with van der Waals surface area (Å²) in [6.45, 7) is 0.836. The average molecular weight is 325 g/mol. The Morgan fingerprint density at radius 2 is 2.00 bits per heavy atom. The number of rotatable bonds is 10. The molecule has 9 nitrogen and oxygen atoms in total. The summed E-state index contributed by atoms with van der Waals surface area (Å²) in [4.78, 5) is 14.9. The molecule has 0 fully saturated rings. The van der Waals surface area contributed by atoms with Crippen molar-refractivity contribution < 1.29 is 20.1 Å². The van der Waals surface area contributed by atoms with E-state index >= 15 is 0 Å². The van der Waals surface area contributed by atoms with Crippen LogP contribution in [-0.4, -0.2) is 46.4 Å². The number of carboxylic acid groups (broad SMARTS) is 1. The van der Waals surface area contributed by atoms with Crippen LogP contribution in [-0.2, 0) is 11.2 Å². The van der Waals surface area contributed by atoms with E-state index in [1.807, 2.05) is 0 Å². The van der Waals surface area contributed by atoms with Gasteiger partial charge in [0, 0.05) is 13.1 Å². The van der Waals surface area contributed by atoms with Crippen LogP contribution in [0.2, 0.25) is 0 Å². The summed E-state index contributed by atoms with van der Waals surface area (Å²) in [6, 6.07) is 3.79. The van der Waals surface area contributed by atoms with E-state index in [4.69, 9.17) is 16.6 Å². The number of aliphatic imine (C=N–C) groups is 1. The minimum atomic E-state index is -0.968. The summed E-state index contributed by atoms with van der Waals surface area (Å²) in [6.07, 6.45) is 1.47. The zero-order chi connectivity index (χ0) is 17.2. The number of aromatic hydroxyl groups is 2. The number of hydrogen-bond donors (Lipinski definition) is 7. The first-order chi connectivity index (χ1) is 10.9.